The number of nitro benzene ring substituents is 1. The zero-order valence-corrected chi connectivity index (χ0v) is 13.2. The molecule has 1 aromatic carbocycles. The Balaban J connectivity index is 0.00000242. The Hall–Kier alpha value is -1.89. The number of nitrogens with zero attached hydrogens (tertiary/aromatic N) is 2. The minimum atomic E-state index is -0.466. The Labute approximate surface area is 139 Å². The molecule has 0 amide bonds. The van der Waals surface area contributed by atoms with E-state index in [0.717, 1.165) is 13.1 Å². The van der Waals surface area contributed by atoms with Crippen LogP contribution in [0.1, 0.15) is 5.56 Å². The number of nitrogens with one attached hydrogen (secondary N) is 2. The third-order valence-corrected chi connectivity index (χ3v) is 3.17. The molecule has 2 rings (SSSR count). The first-order valence-electron chi connectivity index (χ1n) is 6.44. The largest absolute Gasteiger partial charge is 0.383 e. The topological polar surface area (TPSA) is 80.1 Å². The Morgan fingerprint density at radius 1 is 1.18 bits per heavy atom. The fraction of sp³-hybridized carbons (Fsp3) is 0.214. The van der Waals surface area contributed by atoms with Crippen LogP contribution in [0.25, 0.3) is 0 Å². The van der Waals surface area contributed by atoms with Crippen LogP contribution in [0.3, 0.4) is 0 Å². The molecule has 0 aliphatic heterocycles. The summed E-state index contributed by atoms with van der Waals surface area (Å²) in [6.07, 6.45) is 3.51. The fourth-order valence-corrected chi connectivity index (χ4v) is 2.02. The molecule has 0 spiro atoms. The first-order valence-corrected chi connectivity index (χ1v) is 6.82. The molecule has 0 radical (unpaired) electrons. The summed E-state index contributed by atoms with van der Waals surface area (Å²) >= 11 is 5.99. The lowest BCUT2D eigenvalue weighted by molar-refractivity contribution is -0.384. The van der Waals surface area contributed by atoms with Crippen LogP contribution in [0.2, 0.25) is 5.02 Å². The summed E-state index contributed by atoms with van der Waals surface area (Å²) < 4.78 is 0. The van der Waals surface area contributed by atoms with E-state index in [1.54, 1.807) is 18.5 Å². The molecular formula is C14H16Cl2N4O2. The first kappa shape index (κ1) is 18.2. The van der Waals surface area contributed by atoms with Gasteiger partial charge in [-0.3, -0.25) is 15.1 Å². The highest BCUT2D eigenvalue weighted by molar-refractivity contribution is 6.33. The van der Waals surface area contributed by atoms with Crippen molar-refractivity contribution in [2.45, 2.75) is 6.54 Å². The van der Waals surface area contributed by atoms with Crippen LogP contribution in [-0.2, 0) is 6.54 Å². The molecule has 0 aliphatic rings. The molecule has 0 saturated carbocycles. The lowest BCUT2D eigenvalue weighted by Crippen LogP contribution is -2.21. The number of aromatic nitrogens is 1. The minimum absolute atomic E-state index is 0. The highest BCUT2D eigenvalue weighted by Gasteiger charge is 2.08. The summed E-state index contributed by atoms with van der Waals surface area (Å²) in [7, 11) is 0. The van der Waals surface area contributed by atoms with Crippen molar-refractivity contribution in [3.05, 3.63) is 63.4 Å². The monoisotopic (exact) mass is 342 g/mol. The van der Waals surface area contributed by atoms with Crippen molar-refractivity contribution in [2.24, 2.45) is 0 Å². The van der Waals surface area contributed by atoms with Gasteiger partial charge in [-0.25, -0.2) is 0 Å². The number of nitro groups is 1. The molecule has 2 N–H and O–H groups in total. The van der Waals surface area contributed by atoms with Crippen molar-refractivity contribution in [2.75, 3.05) is 18.4 Å². The van der Waals surface area contributed by atoms with Gasteiger partial charge in [0.05, 0.1) is 15.6 Å². The second-order valence-corrected chi connectivity index (χ2v) is 4.79. The van der Waals surface area contributed by atoms with Crippen LogP contribution in [0, 0.1) is 10.1 Å². The van der Waals surface area contributed by atoms with Gasteiger partial charge >= 0.3 is 0 Å². The highest BCUT2D eigenvalue weighted by atomic mass is 35.5. The summed E-state index contributed by atoms with van der Waals surface area (Å²) in [4.78, 5) is 14.1. The van der Waals surface area contributed by atoms with Crippen LogP contribution < -0.4 is 10.6 Å². The molecule has 2 aromatic rings. The van der Waals surface area contributed by atoms with Crippen molar-refractivity contribution < 1.29 is 4.92 Å². The summed E-state index contributed by atoms with van der Waals surface area (Å²) in [5.41, 5.74) is 1.84. The number of hydrogen-bond acceptors (Lipinski definition) is 5. The summed E-state index contributed by atoms with van der Waals surface area (Å²) in [6.45, 7) is 2.18. The van der Waals surface area contributed by atoms with Crippen LogP contribution in [0.5, 0.6) is 0 Å². The molecule has 0 bridgehead atoms. The smallest absolute Gasteiger partial charge is 0.271 e. The number of pyridine rings is 1. The zero-order valence-electron chi connectivity index (χ0n) is 11.7. The standard InChI is InChI=1S/C14H15ClN4O2.ClH/c15-13-9-12(19(20)21)1-2-14(13)18-8-7-17-10-11-3-5-16-6-4-11;/h1-6,9,17-18H,7-8,10H2;1H. The van der Waals surface area contributed by atoms with Crippen LogP contribution in [-0.4, -0.2) is 23.0 Å². The van der Waals surface area contributed by atoms with E-state index in [9.17, 15) is 10.1 Å². The third kappa shape index (κ3) is 5.48. The van der Waals surface area contributed by atoms with E-state index in [2.05, 4.69) is 15.6 Å². The van der Waals surface area contributed by atoms with Gasteiger partial charge in [-0.15, -0.1) is 12.4 Å². The van der Waals surface area contributed by atoms with Crippen molar-refractivity contribution in [3.63, 3.8) is 0 Å². The molecule has 1 aromatic heterocycles. The fourth-order valence-electron chi connectivity index (χ4n) is 1.78. The lowest BCUT2D eigenvalue weighted by Gasteiger charge is -2.09. The van der Waals surface area contributed by atoms with Gasteiger partial charge in [0.2, 0.25) is 0 Å². The van der Waals surface area contributed by atoms with E-state index in [4.69, 9.17) is 11.6 Å². The van der Waals surface area contributed by atoms with Gasteiger partial charge in [-0.2, -0.15) is 0 Å². The second-order valence-electron chi connectivity index (χ2n) is 4.38. The van der Waals surface area contributed by atoms with Gasteiger partial charge in [-0.1, -0.05) is 11.6 Å². The van der Waals surface area contributed by atoms with Gasteiger partial charge < -0.3 is 10.6 Å². The maximum absolute atomic E-state index is 10.6. The third-order valence-electron chi connectivity index (χ3n) is 2.86. The summed E-state index contributed by atoms with van der Waals surface area (Å²) in [5.74, 6) is 0. The Morgan fingerprint density at radius 3 is 2.55 bits per heavy atom. The number of rotatable bonds is 7. The van der Waals surface area contributed by atoms with Gasteiger partial charge in [0.15, 0.2) is 0 Å². The first-order chi connectivity index (χ1) is 10.2. The predicted octanol–water partition coefficient (Wildman–Crippen LogP) is 3.27. The second kappa shape index (κ2) is 9.19. The van der Waals surface area contributed by atoms with Gasteiger partial charge in [-0.05, 0) is 23.8 Å². The molecule has 6 nitrogen and oxygen atoms in total. The number of anilines is 1. The molecule has 0 atom stereocenters. The maximum atomic E-state index is 10.6. The van der Waals surface area contributed by atoms with E-state index in [1.165, 1.54) is 17.7 Å². The van der Waals surface area contributed by atoms with Crippen LogP contribution in [0.15, 0.2) is 42.7 Å². The summed E-state index contributed by atoms with van der Waals surface area (Å²) in [6, 6.07) is 8.29. The molecule has 22 heavy (non-hydrogen) atoms. The molecule has 0 aliphatic carbocycles. The van der Waals surface area contributed by atoms with E-state index >= 15 is 0 Å². The van der Waals surface area contributed by atoms with Gasteiger partial charge in [0, 0.05) is 44.2 Å². The van der Waals surface area contributed by atoms with Crippen molar-refractivity contribution in [3.8, 4) is 0 Å². The predicted molar refractivity (Wildman–Crippen MR) is 89.8 cm³/mol. The molecule has 8 heteroatoms. The normalized spacial score (nSPS) is 9.86. The van der Waals surface area contributed by atoms with E-state index in [1.807, 2.05) is 12.1 Å². The molecule has 118 valence electrons. The Bertz CT molecular complexity index is 611. The van der Waals surface area contributed by atoms with Crippen molar-refractivity contribution in [1.29, 1.82) is 0 Å². The average molecular weight is 343 g/mol. The lowest BCUT2D eigenvalue weighted by atomic mass is 10.2. The van der Waals surface area contributed by atoms with E-state index in [-0.39, 0.29) is 18.1 Å². The summed E-state index contributed by atoms with van der Waals surface area (Å²) in [5, 5.41) is 17.4. The maximum Gasteiger partial charge on any atom is 0.271 e. The molecule has 0 saturated heterocycles. The highest BCUT2D eigenvalue weighted by Crippen LogP contribution is 2.26. The molecule has 0 fully saturated rings. The van der Waals surface area contributed by atoms with Crippen LogP contribution in [0.4, 0.5) is 11.4 Å². The molecule has 1 heterocycles. The Morgan fingerprint density at radius 2 is 1.91 bits per heavy atom. The number of hydrogen-bond donors (Lipinski definition) is 2. The molecule has 0 unspecified atom stereocenters. The molecular weight excluding hydrogens is 327 g/mol. The van der Waals surface area contributed by atoms with E-state index < -0.39 is 4.92 Å². The van der Waals surface area contributed by atoms with Crippen LogP contribution >= 0.6 is 24.0 Å². The van der Waals surface area contributed by atoms with E-state index in [0.29, 0.717) is 17.3 Å². The van der Waals surface area contributed by atoms with Gasteiger partial charge in [0.1, 0.15) is 0 Å². The van der Waals surface area contributed by atoms with Gasteiger partial charge in [0.25, 0.3) is 5.69 Å². The van der Waals surface area contributed by atoms with Crippen molar-refractivity contribution in [1.82, 2.24) is 10.3 Å². The number of non-ortho nitro benzene ring substituents is 1. The Kier molecular flexibility index (Phi) is 7.59. The average Bonchev–Trinajstić information content (AvgIpc) is 2.49. The SMILES string of the molecule is Cl.O=[N+]([O-])c1ccc(NCCNCc2ccncc2)c(Cl)c1. The number of halogens is 2. The zero-order chi connectivity index (χ0) is 15.1. The number of benzene rings is 1. The minimum Gasteiger partial charge on any atom is -0.383 e. The quantitative estimate of drug-likeness (QED) is 0.458. The van der Waals surface area contributed by atoms with Crippen molar-refractivity contribution >= 4 is 35.4 Å².